The highest BCUT2D eigenvalue weighted by Crippen LogP contribution is 2.49. The molecule has 0 N–H and O–H groups in total. The summed E-state index contributed by atoms with van der Waals surface area (Å²) in [5.41, 5.74) is 22.4. The highest BCUT2D eigenvalue weighted by molar-refractivity contribution is 6.99. The van der Waals surface area contributed by atoms with Gasteiger partial charge < -0.3 is 28.6 Å². The number of hydrogen-bond acceptors (Lipinski definition) is 4. The van der Waals surface area contributed by atoms with E-state index in [0.29, 0.717) is 0 Å². The molecule has 2 aliphatic rings. The molecule has 0 aliphatic carbocycles. The molecule has 0 bridgehead atoms. The normalized spacial score (nSPS) is 12.3. The first-order valence-corrected chi connectivity index (χ1v) is 31.9. The Balaban J connectivity index is 0.867. The number of ether oxygens (including phenoxy) is 1. The van der Waals surface area contributed by atoms with Crippen molar-refractivity contribution in [3.63, 3.8) is 0 Å². The van der Waals surface area contributed by atoms with Gasteiger partial charge in [0.05, 0.1) is 27.8 Å². The Labute approximate surface area is 538 Å². The molecular weight excluding hydrogens is 1130 g/mol. The van der Waals surface area contributed by atoms with Crippen LogP contribution in [-0.4, -0.2) is 15.8 Å². The van der Waals surface area contributed by atoms with Crippen LogP contribution in [0, 0.1) is 0 Å². The van der Waals surface area contributed by atoms with Crippen LogP contribution in [0.25, 0.3) is 87.7 Å². The molecule has 0 saturated heterocycles. The second-order valence-corrected chi connectivity index (χ2v) is 24.4. The Bertz CT molecular complexity index is 5700. The van der Waals surface area contributed by atoms with Crippen LogP contribution in [0.1, 0.15) is 0 Å². The maximum atomic E-state index is 7.43. The summed E-state index contributed by atoms with van der Waals surface area (Å²) in [7, 11) is 0. The zero-order valence-corrected chi connectivity index (χ0v) is 50.6. The standard InChI is InChI=1S/C86H56BN5O/c1-8-25-57(26-9-1)70-39-22-23-40-77(70)92-78-41-24-42-84-86(78)87(75-55-81-73(53-83(75)92)71-49-58-43-45-68(47-60(58)51-79(71)90(81)66-35-18-6-19-36-66)88(62-27-10-2-11-28-62)63-29-12-3-13-30-63)76-56-82-74(54-85(76)93-84)72-50-59-44-46-69(48-61(59)52-80(72)91(82)67-37-20-7-21-38-67)89(64-31-14-4-15-32-64)65-33-16-5-17-34-65/h1-56H. The largest absolute Gasteiger partial charge is 0.458 e. The number of rotatable bonds is 10. The molecule has 0 unspecified atom stereocenters. The van der Waals surface area contributed by atoms with Gasteiger partial charge in [0.2, 0.25) is 0 Å². The summed E-state index contributed by atoms with van der Waals surface area (Å²) in [6, 6.07) is 124. The van der Waals surface area contributed by atoms with Crippen molar-refractivity contribution < 1.29 is 4.74 Å². The van der Waals surface area contributed by atoms with Gasteiger partial charge in [0.25, 0.3) is 6.71 Å². The number of aromatic nitrogens is 2. The van der Waals surface area contributed by atoms with Crippen molar-refractivity contribution in [1.29, 1.82) is 0 Å². The van der Waals surface area contributed by atoms with E-state index in [1.807, 2.05) is 0 Å². The zero-order chi connectivity index (χ0) is 61.1. The van der Waals surface area contributed by atoms with E-state index in [-0.39, 0.29) is 6.71 Å². The van der Waals surface area contributed by atoms with Crippen molar-refractivity contribution in [2.75, 3.05) is 14.7 Å². The lowest BCUT2D eigenvalue weighted by Gasteiger charge is -2.40. The Kier molecular flexibility index (Phi) is 12.0. The summed E-state index contributed by atoms with van der Waals surface area (Å²) in [6.45, 7) is -0.222. The Hall–Kier alpha value is -12.3. The number of benzene rings is 15. The van der Waals surface area contributed by atoms with Crippen molar-refractivity contribution in [1.82, 2.24) is 9.13 Å². The van der Waals surface area contributed by atoms with E-state index in [2.05, 4.69) is 364 Å². The zero-order valence-electron chi connectivity index (χ0n) is 50.6. The molecule has 0 radical (unpaired) electrons. The average Bonchev–Trinajstić information content (AvgIpc) is 1.69. The Morgan fingerprint density at radius 1 is 0.269 bits per heavy atom. The number of hydrogen-bond donors (Lipinski definition) is 0. The lowest BCUT2D eigenvalue weighted by molar-refractivity contribution is 0.488. The summed E-state index contributed by atoms with van der Waals surface area (Å²) in [4.78, 5) is 7.22. The molecule has 0 fully saturated rings. The lowest BCUT2D eigenvalue weighted by Crippen LogP contribution is -2.59. The van der Waals surface area contributed by atoms with Gasteiger partial charge in [-0.05, 0) is 207 Å². The van der Waals surface area contributed by atoms with E-state index in [0.717, 1.165) is 145 Å². The number of fused-ring (bicyclic) bond motifs is 12. The lowest BCUT2D eigenvalue weighted by atomic mass is 9.34. The highest BCUT2D eigenvalue weighted by Gasteiger charge is 2.43. The van der Waals surface area contributed by atoms with Gasteiger partial charge >= 0.3 is 0 Å². The van der Waals surface area contributed by atoms with Gasteiger partial charge in [0.1, 0.15) is 11.5 Å². The highest BCUT2D eigenvalue weighted by atomic mass is 16.5. The van der Waals surface area contributed by atoms with Crippen LogP contribution in [0.15, 0.2) is 340 Å². The van der Waals surface area contributed by atoms with Crippen molar-refractivity contribution >= 4 is 139 Å². The monoisotopic (exact) mass is 1190 g/mol. The van der Waals surface area contributed by atoms with Crippen LogP contribution >= 0.6 is 0 Å². The molecule has 93 heavy (non-hydrogen) atoms. The van der Waals surface area contributed by atoms with Crippen LogP contribution in [0.3, 0.4) is 0 Å². The van der Waals surface area contributed by atoms with E-state index in [9.17, 15) is 0 Å². The summed E-state index contributed by atoms with van der Waals surface area (Å²) >= 11 is 0. The molecule has 0 spiro atoms. The quantitative estimate of drug-likeness (QED) is 0.128. The molecule has 19 rings (SSSR count). The fourth-order valence-electron chi connectivity index (χ4n) is 15.1. The number of anilines is 9. The smallest absolute Gasteiger partial charge is 0.256 e. The van der Waals surface area contributed by atoms with E-state index in [1.165, 1.54) is 21.6 Å². The third kappa shape index (κ3) is 8.44. The first-order valence-electron chi connectivity index (χ1n) is 31.9. The number of nitrogens with zero attached hydrogens (tertiary/aromatic N) is 5. The fraction of sp³-hybridized carbons (Fsp3) is 0. The summed E-state index contributed by atoms with van der Waals surface area (Å²) in [5, 5.41) is 9.30. The van der Waals surface area contributed by atoms with Crippen LogP contribution in [-0.2, 0) is 0 Å². The van der Waals surface area contributed by atoms with Gasteiger partial charge in [0, 0.05) is 84.0 Å². The molecule has 0 atom stereocenters. The van der Waals surface area contributed by atoms with Gasteiger partial charge in [-0.3, -0.25) is 0 Å². The van der Waals surface area contributed by atoms with Gasteiger partial charge in [0.15, 0.2) is 0 Å². The van der Waals surface area contributed by atoms with E-state index < -0.39 is 0 Å². The first-order chi connectivity index (χ1) is 46.1. The molecule has 434 valence electrons. The summed E-state index contributed by atoms with van der Waals surface area (Å²) < 4.78 is 12.4. The van der Waals surface area contributed by atoms with E-state index in [1.54, 1.807) is 0 Å². The van der Waals surface area contributed by atoms with E-state index in [4.69, 9.17) is 4.74 Å². The Morgan fingerprint density at radius 2 is 0.688 bits per heavy atom. The minimum atomic E-state index is -0.222. The molecular formula is C86H56BN5O. The molecule has 7 heteroatoms. The Morgan fingerprint density at radius 3 is 1.20 bits per heavy atom. The second kappa shape index (κ2) is 21.2. The molecule has 2 aliphatic heterocycles. The predicted octanol–water partition coefficient (Wildman–Crippen LogP) is 21.2. The van der Waals surface area contributed by atoms with Crippen LogP contribution in [0.5, 0.6) is 11.5 Å². The van der Waals surface area contributed by atoms with Gasteiger partial charge in [-0.2, -0.15) is 0 Å². The summed E-state index contributed by atoms with van der Waals surface area (Å²) in [6.07, 6.45) is 0. The second-order valence-electron chi connectivity index (χ2n) is 24.4. The summed E-state index contributed by atoms with van der Waals surface area (Å²) in [5.74, 6) is 1.71. The van der Waals surface area contributed by atoms with E-state index >= 15 is 0 Å². The average molecular weight is 1190 g/mol. The van der Waals surface area contributed by atoms with Gasteiger partial charge in [-0.1, -0.05) is 176 Å². The van der Waals surface area contributed by atoms with Gasteiger partial charge in [-0.25, -0.2) is 0 Å². The molecule has 15 aromatic carbocycles. The topological polar surface area (TPSA) is 28.8 Å². The van der Waals surface area contributed by atoms with Crippen LogP contribution in [0.2, 0.25) is 0 Å². The number of para-hydroxylation sites is 7. The molecule has 0 saturated carbocycles. The van der Waals surface area contributed by atoms with Crippen molar-refractivity contribution in [2.24, 2.45) is 0 Å². The third-order valence-electron chi connectivity index (χ3n) is 19.2. The minimum absolute atomic E-state index is 0.222. The predicted molar refractivity (Wildman–Crippen MR) is 391 cm³/mol. The maximum absolute atomic E-state index is 7.43. The van der Waals surface area contributed by atoms with Crippen molar-refractivity contribution in [3.8, 4) is 34.0 Å². The van der Waals surface area contributed by atoms with Crippen molar-refractivity contribution in [3.05, 3.63) is 340 Å². The van der Waals surface area contributed by atoms with Gasteiger partial charge in [-0.15, -0.1) is 0 Å². The third-order valence-corrected chi connectivity index (χ3v) is 19.2. The SMILES string of the molecule is c1ccc(-c2ccccc2N2c3cc4c5cc6ccc(N(c7ccccc7)c7ccccc7)cc6cc5n(-c5ccccc5)c4cc3B3c4cc5c(cc4Oc4cccc2c43)c2cc3ccc(N(c4ccccc4)c4ccccc4)cc3cc2n5-c2ccccc2)cc1. The minimum Gasteiger partial charge on any atom is -0.458 e. The van der Waals surface area contributed by atoms with Crippen LogP contribution in [0.4, 0.5) is 51.2 Å². The molecule has 2 aromatic heterocycles. The van der Waals surface area contributed by atoms with Crippen LogP contribution < -0.4 is 35.8 Å². The van der Waals surface area contributed by atoms with Crippen molar-refractivity contribution in [2.45, 2.75) is 0 Å². The molecule has 17 aromatic rings. The molecule has 4 heterocycles. The fourth-order valence-corrected chi connectivity index (χ4v) is 15.1. The maximum Gasteiger partial charge on any atom is 0.256 e. The molecule has 0 amide bonds. The molecule has 6 nitrogen and oxygen atoms in total. The first kappa shape index (κ1) is 52.6.